The zero-order valence-electron chi connectivity index (χ0n) is 17.0. The lowest BCUT2D eigenvalue weighted by Crippen LogP contribution is -2.38. The molecule has 1 aliphatic rings. The number of β-amino-alcohol motifs (C(OH)–C–C–N with tert-alkyl or cyclic N) is 1. The fourth-order valence-corrected chi connectivity index (χ4v) is 3.63. The number of carbonyl (C=O) groups is 1. The fraction of sp³-hybridized carbons (Fsp3) is 0.409. The minimum atomic E-state index is -0.782. The topological polar surface area (TPSA) is 71.0 Å². The van der Waals surface area contributed by atoms with Gasteiger partial charge < -0.3 is 19.9 Å². The first-order valence-electron chi connectivity index (χ1n) is 9.84. The molecule has 0 unspecified atom stereocenters. The van der Waals surface area contributed by atoms with Crippen LogP contribution in [0.1, 0.15) is 20.3 Å². The maximum Gasteiger partial charge on any atom is 0.221 e. The minimum absolute atomic E-state index is 0.0175. The van der Waals surface area contributed by atoms with E-state index in [1.165, 1.54) is 25.1 Å². The van der Waals surface area contributed by atoms with Crippen molar-refractivity contribution in [2.24, 2.45) is 0 Å². The Morgan fingerprint density at radius 2 is 2.07 bits per heavy atom. The second-order valence-corrected chi connectivity index (χ2v) is 7.96. The number of amides is 1. The predicted molar refractivity (Wildman–Crippen MR) is 114 cm³/mol. The molecule has 6 nitrogen and oxygen atoms in total. The van der Waals surface area contributed by atoms with Gasteiger partial charge in [0.15, 0.2) is 0 Å². The largest absolute Gasteiger partial charge is 0.489 e. The average Bonchev–Trinajstić information content (AvgIpc) is 3.02. The van der Waals surface area contributed by atoms with Gasteiger partial charge in [-0.3, -0.25) is 9.69 Å². The highest BCUT2D eigenvalue weighted by atomic mass is 35.5. The quantitative estimate of drug-likeness (QED) is 0.660. The van der Waals surface area contributed by atoms with E-state index in [0.717, 1.165) is 12.2 Å². The van der Waals surface area contributed by atoms with Gasteiger partial charge in [-0.25, -0.2) is 4.39 Å². The van der Waals surface area contributed by atoms with Crippen molar-refractivity contribution in [3.8, 4) is 11.5 Å². The van der Waals surface area contributed by atoms with Gasteiger partial charge in [-0.05, 0) is 43.3 Å². The Labute approximate surface area is 180 Å². The van der Waals surface area contributed by atoms with Crippen LogP contribution in [0.4, 0.5) is 10.1 Å². The molecule has 0 aliphatic carbocycles. The van der Waals surface area contributed by atoms with Crippen LogP contribution in [-0.2, 0) is 4.79 Å². The molecule has 2 aromatic rings. The SMILES string of the molecule is CC(=O)Nc1ccc(F)cc1OC[C@@H](O)CN1C[C@@H](Oc2ccc(Cl)cc2)C[C@@H]1C. The maximum atomic E-state index is 13.5. The first-order chi connectivity index (χ1) is 14.3. The number of benzene rings is 2. The summed E-state index contributed by atoms with van der Waals surface area (Å²) in [5.41, 5.74) is 0.363. The number of aliphatic hydroxyl groups is 1. The minimum Gasteiger partial charge on any atom is -0.489 e. The van der Waals surface area contributed by atoms with E-state index in [2.05, 4.69) is 17.1 Å². The summed E-state index contributed by atoms with van der Waals surface area (Å²) in [6, 6.07) is 11.3. The summed E-state index contributed by atoms with van der Waals surface area (Å²) in [7, 11) is 0. The van der Waals surface area contributed by atoms with Crippen LogP contribution < -0.4 is 14.8 Å². The number of rotatable bonds is 8. The van der Waals surface area contributed by atoms with Crippen LogP contribution in [0.2, 0.25) is 5.02 Å². The van der Waals surface area contributed by atoms with E-state index in [0.29, 0.717) is 23.8 Å². The molecule has 0 bridgehead atoms. The van der Waals surface area contributed by atoms with Gasteiger partial charge in [-0.1, -0.05) is 11.6 Å². The second kappa shape index (κ2) is 10.1. The summed E-state index contributed by atoms with van der Waals surface area (Å²) in [4.78, 5) is 13.4. The third-order valence-electron chi connectivity index (χ3n) is 4.91. The van der Waals surface area contributed by atoms with E-state index >= 15 is 0 Å². The van der Waals surface area contributed by atoms with Gasteiger partial charge in [-0.15, -0.1) is 0 Å². The fourth-order valence-electron chi connectivity index (χ4n) is 3.51. The van der Waals surface area contributed by atoms with Crippen molar-refractivity contribution >= 4 is 23.2 Å². The van der Waals surface area contributed by atoms with Gasteiger partial charge in [0.2, 0.25) is 5.91 Å². The van der Waals surface area contributed by atoms with Crippen molar-refractivity contribution in [2.75, 3.05) is 25.0 Å². The van der Waals surface area contributed by atoms with Gasteiger partial charge in [0.1, 0.15) is 36.1 Å². The van der Waals surface area contributed by atoms with Gasteiger partial charge in [0, 0.05) is 43.6 Å². The van der Waals surface area contributed by atoms with Crippen LogP contribution in [-0.4, -0.2) is 53.9 Å². The summed E-state index contributed by atoms with van der Waals surface area (Å²) in [5, 5.41) is 13.7. The molecule has 1 fully saturated rings. The summed E-state index contributed by atoms with van der Waals surface area (Å²) < 4.78 is 25.1. The molecule has 0 radical (unpaired) electrons. The number of aliphatic hydroxyl groups excluding tert-OH is 1. The Balaban J connectivity index is 1.51. The molecule has 2 N–H and O–H groups in total. The monoisotopic (exact) mass is 436 g/mol. The predicted octanol–water partition coefficient (Wildman–Crippen LogP) is 3.72. The lowest BCUT2D eigenvalue weighted by Gasteiger charge is -2.24. The number of hydrogen-bond acceptors (Lipinski definition) is 5. The van der Waals surface area contributed by atoms with Crippen LogP contribution in [0.15, 0.2) is 42.5 Å². The van der Waals surface area contributed by atoms with Crippen LogP contribution in [0.5, 0.6) is 11.5 Å². The van der Waals surface area contributed by atoms with Crippen molar-refractivity contribution in [1.82, 2.24) is 4.90 Å². The van der Waals surface area contributed by atoms with Crippen LogP contribution in [0, 0.1) is 5.82 Å². The highest BCUT2D eigenvalue weighted by Crippen LogP contribution is 2.27. The maximum absolute atomic E-state index is 13.5. The Kier molecular flexibility index (Phi) is 7.53. The van der Waals surface area contributed by atoms with E-state index in [1.54, 1.807) is 12.1 Å². The Morgan fingerprint density at radius 3 is 2.77 bits per heavy atom. The van der Waals surface area contributed by atoms with Crippen LogP contribution in [0.25, 0.3) is 0 Å². The van der Waals surface area contributed by atoms with E-state index in [1.807, 2.05) is 12.1 Å². The summed E-state index contributed by atoms with van der Waals surface area (Å²) in [6.45, 7) is 4.49. The second-order valence-electron chi connectivity index (χ2n) is 7.52. The Hall–Kier alpha value is -2.35. The molecule has 162 valence electrons. The first kappa shape index (κ1) is 22.3. The molecule has 2 aromatic carbocycles. The molecule has 8 heteroatoms. The Morgan fingerprint density at radius 1 is 1.33 bits per heavy atom. The lowest BCUT2D eigenvalue weighted by molar-refractivity contribution is -0.114. The number of likely N-dealkylation sites (tertiary alicyclic amines) is 1. The number of anilines is 1. The molecule has 3 atom stereocenters. The van der Waals surface area contributed by atoms with E-state index in [-0.39, 0.29) is 30.4 Å². The molecule has 3 rings (SSSR count). The number of carbonyl (C=O) groups excluding carboxylic acids is 1. The lowest BCUT2D eigenvalue weighted by atomic mass is 10.2. The summed E-state index contributed by atoms with van der Waals surface area (Å²) in [5.74, 6) is 0.176. The highest BCUT2D eigenvalue weighted by molar-refractivity contribution is 6.30. The zero-order chi connectivity index (χ0) is 21.7. The first-order valence-corrected chi connectivity index (χ1v) is 10.2. The molecule has 0 saturated carbocycles. The molecule has 1 amide bonds. The van der Waals surface area contributed by atoms with Crippen molar-refractivity contribution in [3.05, 3.63) is 53.3 Å². The summed E-state index contributed by atoms with van der Waals surface area (Å²) >= 11 is 5.90. The molecule has 1 aliphatic heterocycles. The zero-order valence-corrected chi connectivity index (χ0v) is 17.7. The van der Waals surface area contributed by atoms with Crippen molar-refractivity contribution < 1.29 is 23.8 Å². The number of halogens is 2. The highest BCUT2D eigenvalue weighted by Gasteiger charge is 2.31. The van der Waals surface area contributed by atoms with E-state index in [4.69, 9.17) is 21.1 Å². The molecule has 0 aromatic heterocycles. The van der Waals surface area contributed by atoms with Crippen molar-refractivity contribution in [3.63, 3.8) is 0 Å². The van der Waals surface area contributed by atoms with Gasteiger partial charge >= 0.3 is 0 Å². The van der Waals surface area contributed by atoms with Crippen LogP contribution in [0.3, 0.4) is 0 Å². The third-order valence-corrected chi connectivity index (χ3v) is 5.16. The van der Waals surface area contributed by atoms with Crippen LogP contribution >= 0.6 is 11.6 Å². The number of hydrogen-bond donors (Lipinski definition) is 2. The normalized spacial score (nSPS) is 20.0. The van der Waals surface area contributed by atoms with Gasteiger partial charge in [0.25, 0.3) is 0 Å². The average molecular weight is 437 g/mol. The smallest absolute Gasteiger partial charge is 0.221 e. The molecule has 30 heavy (non-hydrogen) atoms. The number of nitrogens with zero attached hydrogens (tertiary/aromatic N) is 1. The number of ether oxygens (including phenoxy) is 2. The van der Waals surface area contributed by atoms with E-state index in [9.17, 15) is 14.3 Å². The van der Waals surface area contributed by atoms with Crippen molar-refractivity contribution in [1.29, 1.82) is 0 Å². The van der Waals surface area contributed by atoms with Crippen molar-refractivity contribution in [2.45, 2.75) is 38.5 Å². The molecule has 1 saturated heterocycles. The third kappa shape index (κ3) is 6.32. The van der Waals surface area contributed by atoms with E-state index < -0.39 is 11.9 Å². The molecule has 1 heterocycles. The van der Waals surface area contributed by atoms with Gasteiger partial charge in [-0.2, -0.15) is 0 Å². The van der Waals surface area contributed by atoms with Gasteiger partial charge in [0.05, 0.1) is 5.69 Å². The molecule has 0 spiro atoms. The molecular weight excluding hydrogens is 411 g/mol. The Bertz CT molecular complexity index is 865. The summed E-state index contributed by atoms with van der Waals surface area (Å²) in [6.07, 6.45) is 0.0753. The molecular formula is C22H26ClFN2O4. The number of nitrogens with one attached hydrogen (secondary N) is 1. The standard InChI is InChI=1S/C22H26ClFN2O4/c1-14-9-20(30-19-6-3-16(23)4-7-19)12-26(14)11-18(28)13-29-22-10-17(24)5-8-21(22)25-15(2)27/h3-8,10,14,18,20,28H,9,11-13H2,1-2H3,(H,25,27)/t14-,18-,20-/m0/s1.